The van der Waals surface area contributed by atoms with E-state index in [4.69, 9.17) is 4.74 Å². The van der Waals surface area contributed by atoms with Gasteiger partial charge in [0.25, 0.3) is 0 Å². The molecule has 0 radical (unpaired) electrons. The number of anilines is 1. The quantitative estimate of drug-likeness (QED) is 0.337. The molecule has 0 aliphatic rings. The Hall–Kier alpha value is -3.65. The predicted molar refractivity (Wildman–Crippen MR) is 133 cm³/mol. The second-order valence-electron chi connectivity index (χ2n) is 7.84. The average molecular weight is 477 g/mol. The van der Waals surface area contributed by atoms with E-state index in [-0.39, 0.29) is 11.7 Å². The van der Waals surface area contributed by atoms with Crippen LogP contribution in [0.3, 0.4) is 0 Å². The van der Waals surface area contributed by atoms with Gasteiger partial charge in [-0.15, -0.1) is 10.2 Å². The van der Waals surface area contributed by atoms with Crippen LogP contribution >= 0.6 is 11.8 Å². The first-order valence-electron chi connectivity index (χ1n) is 10.8. The average Bonchev–Trinajstić information content (AvgIpc) is 3.22. The zero-order chi connectivity index (χ0) is 24.1. The van der Waals surface area contributed by atoms with Crippen molar-refractivity contribution >= 4 is 23.4 Å². The molecular formula is C26H25FN4O2S. The number of aryl methyl sites for hydroxylation is 1. The number of hydrogen-bond donors (Lipinski definition) is 1. The van der Waals surface area contributed by atoms with Crippen molar-refractivity contribution in [2.24, 2.45) is 0 Å². The Balaban J connectivity index is 1.60. The van der Waals surface area contributed by atoms with Crippen molar-refractivity contribution in [1.29, 1.82) is 0 Å². The number of amides is 1. The van der Waals surface area contributed by atoms with Crippen molar-refractivity contribution in [2.75, 3.05) is 12.4 Å². The van der Waals surface area contributed by atoms with Crippen LogP contribution in [0.15, 0.2) is 78.0 Å². The topological polar surface area (TPSA) is 69.0 Å². The SMILES string of the molecule is COc1ccc(C)cc1NC(=O)C(C)Sc1nnc(-c2ccc(F)cc2)n1Cc1ccccc1. The molecule has 1 heterocycles. The van der Waals surface area contributed by atoms with Gasteiger partial charge in [-0.1, -0.05) is 48.2 Å². The number of nitrogens with zero attached hydrogens (tertiary/aromatic N) is 3. The van der Waals surface area contributed by atoms with Crippen LogP contribution in [-0.4, -0.2) is 33.0 Å². The lowest BCUT2D eigenvalue weighted by Gasteiger charge is -2.15. The highest BCUT2D eigenvalue weighted by Crippen LogP contribution is 2.30. The van der Waals surface area contributed by atoms with Gasteiger partial charge in [-0.3, -0.25) is 9.36 Å². The Morgan fingerprint density at radius 2 is 1.82 bits per heavy atom. The maximum absolute atomic E-state index is 13.5. The molecule has 0 saturated carbocycles. The van der Waals surface area contributed by atoms with E-state index in [1.165, 1.54) is 23.9 Å². The molecule has 1 unspecified atom stereocenters. The molecule has 0 spiro atoms. The number of benzene rings is 3. The minimum atomic E-state index is -0.454. The lowest BCUT2D eigenvalue weighted by Crippen LogP contribution is -2.23. The predicted octanol–water partition coefficient (Wildman–Crippen LogP) is 5.57. The summed E-state index contributed by atoms with van der Waals surface area (Å²) in [6.07, 6.45) is 0. The molecule has 0 bridgehead atoms. The summed E-state index contributed by atoms with van der Waals surface area (Å²) in [7, 11) is 1.57. The first kappa shape index (κ1) is 23.5. The fourth-order valence-corrected chi connectivity index (χ4v) is 4.31. The zero-order valence-corrected chi connectivity index (χ0v) is 20.0. The molecule has 0 aliphatic carbocycles. The smallest absolute Gasteiger partial charge is 0.237 e. The summed E-state index contributed by atoms with van der Waals surface area (Å²) in [4.78, 5) is 13.0. The van der Waals surface area contributed by atoms with Crippen LogP contribution in [0, 0.1) is 12.7 Å². The molecule has 1 aromatic heterocycles. The van der Waals surface area contributed by atoms with Crippen LogP contribution in [0.5, 0.6) is 5.75 Å². The number of methoxy groups -OCH3 is 1. The lowest BCUT2D eigenvalue weighted by molar-refractivity contribution is -0.115. The molecule has 1 amide bonds. The summed E-state index contributed by atoms with van der Waals surface area (Å²) in [6.45, 7) is 4.29. The molecule has 3 aromatic carbocycles. The van der Waals surface area contributed by atoms with Gasteiger partial charge in [0.1, 0.15) is 11.6 Å². The third kappa shape index (κ3) is 5.46. The molecule has 0 saturated heterocycles. The van der Waals surface area contributed by atoms with E-state index < -0.39 is 5.25 Å². The molecule has 4 rings (SSSR count). The first-order valence-corrected chi connectivity index (χ1v) is 11.7. The number of hydrogen-bond acceptors (Lipinski definition) is 5. The van der Waals surface area contributed by atoms with Gasteiger partial charge in [0.2, 0.25) is 5.91 Å². The monoisotopic (exact) mass is 476 g/mol. The van der Waals surface area contributed by atoms with Gasteiger partial charge >= 0.3 is 0 Å². The highest BCUT2D eigenvalue weighted by atomic mass is 32.2. The van der Waals surface area contributed by atoms with E-state index in [0.717, 1.165) is 16.7 Å². The van der Waals surface area contributed by atoms with Crippen LogP contribution in [-0.2, 0) is 11.3 Å². The Kier molecular flexibility index (Phi) is 7.27. The fourth-order valence-electron chi connectivity index (χ4n) is 3.46. The number of rotatable bonds is 8. The number of aromatic nitrogens is 3. The highest BCUT2D eigenvalue weighted by Gasteiger charge is 2.22. The second-order valence-corrected chi connectivity index (χ2v) is 9.15. The van der Waals surface area contributed by atoms with E-state index in [0.29, 0.717) is 29.0 Å². The lowest BCUT2D eigenvalue weighted by atomic mass is 10.2. The summed E-state index contributed by atoms with van der Waals surface area (Å²) in [5.41, 5.74) is 3.45. The normalized spacial score (nSPS) is 11.8. The van der Waals surface area contributed by atoms with Crippen LogP contribution in [0.4, 0.5) is 10.1 Å². The number of nitrogens with one attached hydrogen (secondary N) is 1. The van der Waals surface area contributed by atoms with Crippen LogP contribution in [0.2, 0.25) is 0 Å². The Morgan fingerprint density at radius 3 is 2.53 bits per heavy atom. The van der Waals surface area contributed by atoms with Gasteiger partial charge in [-0.2, -0.15) is 0 Å². The number of ether oxygens (including phenoxy) is 1. The van der Waals surface area contributed by atoms with Crippen molar-refractivity contribution in [2.45, 2.75) is 30.8 Å². The number of carbonyl (C=O) groups is 1. The summed E-state index contributed by atoms with van der Waals surface area (Å²) >= 11 is 1.32. The number of halogens is 1. The summed E-state index contributed by atoms with van der Waals surface area (Å²) in [5, 5.41) is 11.8. The molecule has 1 N–H and O–H groups in total. The molecule has 174 valence electrons. The number of thioether (sulfide) groups is 1. The molecule has 34 heavy (non-hydrogen) atoms. The molecule has 4 aromatic rings. The van der Waals surface area contributed by atoms with Gasteiger partial charge in [-0.25, -0.2) is 4.39 Å². The molecular weight excluding hydrogens is 451 g/mol. The highest BCUT2D eigenvalue weighted by molar-refractivity contribution is 8.00. The summed E-state index contributed by atoms with van der Waals surface area (Å²) in [6, 6.07) is 21.7. The van der Waals surface area contributed by atoms with Gasteiger partial charge in [0.15, 0.2) is 11.0 Å². The zero-order valence-electron chi connectivity index (χ0n) is 19.2. The maximum Gasteiger partial charge on any atom is 0.237 e. The standard InChI is InChI=1S/C26H25FN4O2S/c1-17-9-14-23(33-3)22(15-17)28-25(32)18(2)34-26-30-29-24(20-10-12-21(27)13-11-20)31(26)16-19-7-5-4-6-8-19/h4-15,18H,16H2,1-3H3,(H,28,32). The second kappa shape index (κ2) is 10.5. The van der Waals surface area contributed by atoms with Crippen molar-refractivity contribution in [1.82, 2.24) is 14.8 Å². The van der Waals surface area contributed by atoms with Gasteiger partial charge < -0.3 is 10.1 Å². The molecule has 0 fully saturated rings. The van der Waals surface area contributed by atoms with E-state index >= 15 is 0 Å². The van der Waals surface area contributed by atoms with Crippen LogP contribution in [0.25, 0.3) is 11.4 Å². The Morgan fingerprint density at radius 1 is 1.09 bits per heavy atom. The molecule has 8 heteroatoms. The summed E-state index contributed by atoms with van der Waals surface area (Å²) in [5.74, 6) is 0.720. The molecule has 0 aliphatic heterocycles. The van der Waals surface area contributed by atoms with E-state index in [1.54, 1.807) is 19.2 Å². The van der Waals surface area contributed by atoms with E-state index in [9.17, 15) is 9.18 Å². The maximum atomic E-state index is 13.5. The van der Waals surface area contributed by atoms with E-state index in [1.807, 2.05) is 66.9 Å². The number of carbonyl (C=O) groups excluding carboxylic acids is 1. The summed E-state index contributed by atoms with van der Waals surface area (Å²) < 4.78 is 20.8. The van der Waals surface area contributed by atoms with Crippen LogP contribution in [0.1, 0.15) is 18.1 Å². The fraction of sp³-hybridized carbons (Fsp3) is 0.192. The third-order valence-electron chi connectivity index (χ3n) is 5.27. The molecule has 6 nitrogen and oxygen atoms in total. The first-order chi connectivity index (χ1) is 16.4. The van der Waals surface area contributed by atoms with Crippen molar-refractivity contribution in [3.8, 4) is 17.1 Å². The molecule has 1 atom stereocenters. The van der Waals surface area contributed by atoms with Crippen LogP contribution < -0.4 is 10.1 Å². The van der Waals surface area contributed by atoms with Crippen molar-refractivity contribution in [3.63, 3.8) is 0 Å². The third-order valence-corrected chi connectivity index (χ3v) is 6.35. The van der Waals surface area contributed by atoms with Gasteiger partial charge in [0, 0.05) is 5.56 Å². The minimum absolute atomic E-state index is 0.175. The minimum Gasteiger partial charge on any atom is -0.495 e. The van der Waals surface area contributed by atoms with E-state index in [2.05, 4.69) is 15.5 Å². The van der Waals surface area contributed by atoms with Crippen molar-refractivity contribution < 1.29 is 13.9 Å². The Labute approximate surface area is 202 Å². The van der Waals surface area contributed by atoms with Gasteiger partial charge in [0.05, 0.1) is 24.6 Å². The van der Waals surface area contributed by atoms with Gasteiger partial charge in [-0.05, 0) is 61.4 Å². The Bertz CT molecular complexity index is 1280. The van der Waals surface area contributed by atoms with Crippen molar-refractivity contribution in [3.05, 3.63) is 89.7 Å². The largest absolute Gasteiger partial charge is 0.495 e.